The fourth-order valence-electron chi connectivity index (χ4n) is 2.31. The van der Waals surface area contributed by atoms with Crippen LogP contribution in [0.1, 0.15) is 36.0 Å². The third kappa shape index (κ3) is 2.92. The third-order valence-corrected chi connectivity index (χ3v) is 3.40. The molecule has 0 amide bonds. The van der Waals surface area contributed by atoms with Crippen LogP contribution in [0.4, 0.5) is 14.5 Å². The lowest BCUT2D eigenvalue weighted by molar-refractivity contribution is -0.387. The zero-order valence-electron chi connectivity index (χ0n) is 10.6. The van der Waals surface area contributed by atoms with E-state index >= 15 is 0 Å². The number of hydrogen-bond donors (Lipinski definition) is 0. The van der Waals surface area contributed by atoms with Crippen molar-refractivity contribution in [3.63, 3.8) is 0 Å². The van der Waals surface area contributed by atoms with Gasteiger partial charge in [-0.2, -0.15) is 4.39 Å². The number of rotatable bonds is 4. The van der Waals surface area contributed by atoms with E-state index in [1.165, 1.54) is 0 Å². The summed E-state index contributed by atoms with van der Waals surface area (Å²) in [6.45, 7) is 0.0837. The first-order chi connectivity index (χ1) is 9.50. The average molecular weight is 285 g/mol. The van der Waals surface area contributed by atoms with Crippen molar-refractivity contribution < 1.29 is 23.2 Å². The first-order valence-corrected chi connectivity index (χ1v) is 6.30. The van der Waals surface area contributed by atoms with E-state index in [1.807, 2.05) is 0 Å². The summed E-state index contributed by atoms with van der Waals surface area (Å²) in [5.41, 5.74) is -1.95. The van der Waals surface area contributed by atoms with Crippen molar-refractivity contribution in [1.29, 1.82) is 0 Å². The van der Waals surface area contributed by atoms with E-state index in [0.29, 0.717) is 12.1 Å². The first-order valence-electron chi connectivity index (χ1n) is 6.30. The molecule has 0 bridgehead atoms. The van der Waals surface area contributed by atoms with E-state index in [2.05, 4.69) is 0 Å². The van der Waals surface area contributed by atoms with Crippen LogP contribution in [0.5, 0.6) is 0 Å². The molecule has 0 N–H and O–H groups in total. The van der Waals surface area contributed by atoms with Gasteiger partial charge >= 0.3 is 11.7 Å². The predicted octanol–water partition coefficient (Wildman–Crippen LogP) is 3.22. The van der Waals surface area contributed by atoms with Crippen molar-refractivity contribution in [2.24, 2.45) is 5.92 Å². The highest BCUT2D eigenvalue weighted by Crippen LogP contribution is 2.27. The quantitative estimate of drug-likeness (QED) is 0.484. The van der Waals surface area contributed by atoms with Gasteiger partial charge in [0, 0.05) is 6.07 Å². The molecule has 5 nitrogen and oxygen atoms in total. The zero-order valence-corrected chi connectivity index (χ0v) is 10.6. The Morgan fingerprint density at radius 3 is 2.60 bits per heavy atom. The van der Waals surface area contributed by atoms with Crippen molar-refractivity contribution in [2.45, 2.75) is 25.7 Å². The standard InChI is InChI=1S/C13H13F2NO4/c14-9-5-6-10(16(18)19)12(15)11(9)13(17)20-7-8-3-1-2-4-8/h5-6,8H,1-4,7H2. The number of hydrogen-bond acceptors (Lipinski definition) is 4. The molecule has 7 heteroatoms. The molecule has 1 fully saturated rings. The van der Waals surface area contributed by atoms with Crippen LogP contribution in [0.15, 0.2) is 12.1 Å². The molecule has 0 atom stereocenters. The molecule has 108 valence electrons. The summed E-state index contributed by atoms with van der Waals surface area (Å²) in [5.74, 6) is -3.66. The molecular formula is C13H13F2NO4. The highest BCUT2D eigenvalue weighted by molar-refractivity contribution is 5.90. The highest BCUT2D eigenvalue weighted by atomic mass is 19.1. The first kappa shape index (κ1) is 14.4. The van der Waals surface area contributed by atoms with Crippen LogP contribution in [0, 0.1) is 27.7 Å². The van der Waals surface area contributed by atoms with Crippen molar-refractivity contribution in [1.82, 2.24) is 0 Å². The van der Waals surface area contributed by atoms with Crippen molar-refractivity contribution >= 4 is 11.7 Å². The molecule has 1 aliphatic rings. The Labute approximate surface area is 113 Å². The molecular weight excluding hydrogens is 272 g/mol. The molecule has 0 spiro atoms. The van der Waals surface area contributed by atoms with Crippen LogP contribution in [-0.4, -0.2) is 17.5 Å². The molecule has 2 rings (SSSR count). The Bertz CT molecular complexity index is 541. The number of nitro groups is 1. The van der Waals surface area contributed by atoms with Crippen LogP contribution >= 0.6 is 0 Å². The number of halogens is 2. The topological polar surface area (TPSA) is 69.4 Å². The highest BCUT2D eigenvalue weighted by Gasteiger charge is 2.28. The molecule has 1 saturated carbocycles. The maximum atomic E-state index is 13.8. The fourth-order valence-corrected chi connectivity index (χ4v) is 2.31. The maximum absolute atomic E-state index is 13.8. The minimum absolute atomic E-state index is 0.0837. The lowest BCUT2D eigenvalue weighted by atomic mass is 10.1. The van der Waals surface area contributed by atoms with Crippen LogP contribution in [0.2, 0.25) is 0 Å². The third-order valence-electron chi connectivity index (χ3n) is 3.40. The average Bonchev–Trinajstić information content (AvgIpc) is 2.89. The van der Waals surface area contributed by atoms with Crippen molar-refractivity contribution in [3.8, 4) is 0 Å². The molecule has 0 saturated heterocycles. The number of ether oxygens (including phenoxy) is 1. The minimum atomic E-state index is -1.49. The maximum Gasteiger partial charge on any atom is 0.344 e. The van der Waals surface area contributed by atoms with Crippen molar-refractivity contribution in [3.05, 3.63) is 39.4 Å². The van der Waals surface area contributed by atoms with Gasteiger partial charge in [0.05, 0.1) is 11.5 Å². The van der Waals surface area contributed by atoms with Gasteiger partial charge in [-0.25, -0.2) is 9.18 Å². The lowest BCUT2D eigenvalue weighted by Gasteiger charge is -2.10. The number of carbonyl (C=O) groups is 1. The van der Waals surface area contributed by atoms with Gasteiger partial charge in [-0.15, -0.1) is 0 Å². The van der Waals surface area contributed by atoms with Gasteiger partial charge in [0.1, 0.15) is 11.4 Å². The lowest BCUT2D eigenvalue weighted by Crippen LogP contribution is -2.15. The Balaban J connectivity index is 2.15. The second-order valence-electron chi connectivity index (χ2n) is 4.76. The molecule has 1 aromatic carbocycles. The monoisotopic (exact) mass is 285 g/mol. The SMILES string of the molecule is O=C(OCC1CCCC1)c1c(F)ccc([N+](=O)[O-])c1F. The second-order valence-corrected chi connectivity index (χ2v) is 4.76. The summed E-state index contributed by atoms with van der Waals surface area (Å²) in [6, 6.07) is 1.37. The molecule has 1 aromatic rings. The number of benzene rings is 1. The van der Waals surface area contributed by atoms with Crippen LogP contribution in [0.3, 0.4) is 0 Å². The molecule has 1 aliphatic carbocycles. The molecule has 0 radical (unpaired) electrons. The molecule has 0 aliphatic heterocycles. The summed E-state index contributed by atoms with van der Waals surface area (Å²) >= 11 is 0. The summed E-state index contributed by atoms with van der Waals surface area (Å²) in [6.07, 6.45) is 3.91. The Morgan fingerprint density at radius 2 is 2.00 bits per heavy atom. The van der Waals surface area contributed by atoms with E-state index in [-0.39, 0.29) is 12.5 Å². The Kier molecular flexibility index (Phi) is 4.26. The van der Waals surface area contributed by atoms with Gasteiger partial charge in [-0.05, 0) is 24.8 Å². The van der Waals surface area contributed by atoms with Gasteiger partial charge in [0.2, 0.25) is 5.82 Å². The number of carbonyl (C=O) groups excluding carboxylic acids is 1. The summed E-state index contributed by atoms with van der Waals surface area (Å²) in [7, 11) is 0. The molecule has 0 unspecified atom stereocenters. The predicted molar refractivity (Wildman–Crippen MR) is 65.3 cm³/mol. The molecule has 0 heterocycles. The Hall–Kier alpha value is -2.05. The van der Waals surface area contributed by atoms with Gasteiger partial charge in [-0.3, -0.25) is 10.1 Å². The van der Waals surface area contributed by atoms with Gasteiger partial charge in [0.15, 0.2) is 0 Å². The van der Waals surface area contributed by atoms with E-state index < -0.39 is 33.8 Å². The second kappa shape index (κ2) is 5.94. The summed E-state index contributed by atoms with van der Waals surface area (Å²) < 4.78 is 32.1. The number of nitrogens with zero attached hydrogens (tertiary/aromatic N) is 1. The number of esters is 1. The zero-order chi connectivity index (χ0) is 14.7. The summed E-state index contributed by atoms with van der Waals surface area (Å²) in [5, 5.41) is 10.6. The minimum Gasteiger partial charge on any atom is -0.462 e. The van der Waals surface area contributed by atoms with Gasteiger partial charge in [0.25, 0.3) is 0 Å². The molecule has 20 heavy (non-hydrogen) atoms. The van der Waals surface area contributed by atoms with E-state index in [4.69, 9.17) is 4.74 Å². The normalized spacial score (nSPS) is 15.3. The largest absolute Gasteiger partial charge is 0.462 e. The van der Waals surface area contributed by atoms with E-state index in [0.717, 1.165) is 25.7 Å². The molecule has 0 aromatic heterocycles. The van der Waals surface area contributed by atoms with Crippen LogP contribution in [-0.2, 0) is 4.74 Å². The summed E-state index contributed by atoms with van der Waals surface area (Å²) in [4.78, 5) is 21.2. The van der Waals surface area contributed by atoms with Crippen LogP contribution in [0.25, 0.3) is 0 Å². The number of nitro benzene ring substituents is 1. The van der Waals surface area contributed by atoms with Gasteiger partial charge in [-0.1, -0.05) is 12.8 Å². The van der Waals surface area contributed by atoms with Gasteiger partial charge < -0.3 is 4.74 Å². The fraction of sp³-hybridized carbons (Fsp3) is 0.462. The van der Waals surface area contributed by atoms with E-state index in [1.54, 1.807) is 0 Å². The smallest absolute Gasteiger partial charge is 0.344 e. The van der Waals surface area contributed by atoms with Crippen LogP contribution < -0.4 is 0 Å². The van der Waals surface area contributed by atoms with E-state index in [9.17, 15) is 23.7 Å². The Morgan fingerprint density at radius 1 is 1.35 bits per heavy atom. The van der Waals surface area contributed by atoms with Crippen molar-refractivity contribution in [2.75, 3.05) is 6.61 Å².